The quantitative estimate of drug-likeness (QED) is 0.588. The Morgan fingerprint density at radius 3 is 1.14 bits per heavy atom. The van der Waals surface area contributed by atoms with Crippen LogP contribution in [0.3, 0.4) is 0 Å². The molecule has 0 aliphatic carbocycles. The molecule has 0 aromatic heterocycles. The predicted octanol–water partition coefficient (Wildman–Crippen LogP) is 1.26. The fourth-order valence-corrected chi connectivity index (χ4v) is 0. The average molecular weight is 203 g/mol. The molecule has 0 amide bonds. The first kappa shape index (κ1) is 38.7. The van der Waals surface area contributed by atoms with Gasteiger partial charge in [0, 0.05) is 28.3 Å². The average Bonchev–Trinajstić information content (AvgIpc) is 0.918. The van der Waals surface area contributed by atoms with Gasteiger partial charge >= 0.3 is 0 Å². The molecule has 48 valence electrons. The second-order valence-electron chi connectivity index (χ2n) is 0.316. The Hall–Kier alpha value is 1.54. The van der Waals surface area contributed by atoms with Gasteiger partial charge in [0.25, 0.3) is 0 Å². The number of hydrogen-bond acceptors (Lipinski definition) is 1. The first-order valence-electron chi connectivity index (χ1n) is 1.02. The van der Waals surface area contributed by atoms with Gasteiger partial charge in [-0.3, -0.25) is 0 Å². The summed E-state index contributed by atoms with van der Waals surface area (Å²) < 4.78 is 0. The molecule has 0 saturated carbocycles. The van der Waals surface area contributed by atoms with Crippen LogP contribution < -0.4 is 0 Å². The summed E-state index contributed by atoms with van der Waals surface area (Å²) >= 11 is 0. The van der Waals surface area contributed by atoms with Gasteiger partial charge in [-0.2, -0.15) is 0 Å². The molecule has 0 unspecified atom stereocenters. The SMILES string of the molecule is CCO.Cl.Cl.Cl.[Ti]. The van der Waals surface area contributed by atoms with E-state index >= 15 is 0 Å². The van der Waals surface area contributed by atoms with E-state index in [0.29, 0.717) is 0 Å². The minimum absolute atomic E-state index is 0. The zero-order chi connectivity index (χ0) is 2.71. The Labute approximate surface area is 77.4 Å². The molecule has 5 heteroatoms. The van der Waals surface area contributed by atoms with E-state index in [0.717, 1.165) is 0 Å². The van der Waals surface area contributed by atoms with Gasteiger partial charge in [0.05, 0.1) is 0 Å². The van der Waals surface area contributed by atoms with Crippen LogP contribution in [0.5, 0.6) is 0 Å². The van der Waals surface area contributed by atoms with Crippen LogP contribution in [0.4, 0.5) is 0 Å². The Morgan fingerprint density at radius 1 is 1.14 bits per heavy atom. The molecule has 0 spiro atoms. The number of aliphatic hydroxyl groups is 1. The smallest absolute Gasteiger partial charge is 0.0402 e. The molecule has 0 aromatic carbocycles. The molecule has 0 atom stereocenters. The van der Waals surface area contributed by atoms with Crippen molar-refractivity contribution in [2.24, 2.45) is 0 Å². The van der Waals surface area contributed by atoms with Crippen molar-refractivity contribution in [3.8, 4) is 0 Å². The van der Waals surface area contributed by atoms with Gasteiger partial charge in [0.2, 0.25) is 0 Å². The maximum Gasteiger partial charge on any atom is 0.0402 e. The van der Waals surface area contributed by atoms with E-state index in [2.05, 4.69) is 0 Å². The van der Waals surface area contributed by atoms with Crippen molar-refractivity contribution in [1.29, 1.82) is 0 Å². The van der Waals surface area contributed by atoms with E-state index in [1.54, 1.807) is 6.92 Å². The number of halogens is 3. The first-order chi connectivity index (χ1) is 1.41. The molecule has 0 saturated heterocycles. The van der Waals surface area contributed by atoms with E-state index in [1.807, 2.05) is 0 Å². The summed E-state index contributed by atoms with van der Waals surface area (Å²) in [6.45, 7) is 1.93. The molecule has 0 heterocycles. The minimum atomic E-state index is 0. The maximum atomic E-state index is 7.57. The molecular formula is C2H9Cl3OTi. The standard InChI is InChI=1S/C2H6O.3ClH.Ti/c1-2-3;;;;/h3H,2H2,1H3;3*1H;. The van der Waals surface area contributed by atoms with Crippen molar-refractivity contribution >= 4 is 37.2 Å². The topological polar surface area (TPSA) is 20.2 Å². The first-order valence-corrected chi connectivity index (χ1v) is 1.02. The fraction of sp³-hybridized carbons (Fsp3) is 1.00. The van der Waals surface area contributed by atoms with E-state index in [4.69, 9.17) is 5.11 Å². The summed E-state index contributed by atoms with van der Waals surface area (Å²) in [5.74, 6) is 0. The van der Waals surface area contributed by atoms with E-state index < -0.39 is 0 Å². The molecule has 0 radical (unpaired) electrons. The molecule has 0 bridgehead atoms. The van der Waals surface area contributed by atoms with Crippen molar-refractivity contribution in [1.82, 2.24) is 0 Å². The van der Waals surface area contributed by atoms with Crippen LogP contribution >= 0.6 is 37.2 Å². The summed E-state index contributed by atoms with van der Waals surface area (Å²) in [5, 5.41) is 7.57. The summed E-state index contributed by atoms with van der Waals surface area (Å²) in [6.07, 6.45) is 0. The molecule has 1 nitrogen and oxygen atoms in total. The third-order valence-corrected chi connectivity index (χ3v) is 0. The maximum absolute atomic E-state index is 7.57. The third kappa shape index (κ3) is 97.2. The number of hydrogen-bond donors (Lipinski definition) is 1. The summed E-state index contributed by atoms with van der Waals surface area (Å²) in [5.41, 5.74) is 0. The monoisotopic (exact) mass is 202 g/mol. The predicted molar refractivity (Wildman–Crippen MR) is 34.5 cm³/mol. The summed E-state index contributed by atoms with van der Waals surface area (Å²) in [6, 6.07) is 0. The normalized spacial score (nSPS) is 2.57. The van der Waals surface area contributed by atoms with E-state index in [9.17, 15) is 0 Å². The van der Waals surface area contributed by atoms with Gasteiger partial charge < -0.3 is 5.11 Å². The zero-order valence-electron chi connectivity index (χ0n) is 3.88. The van der Waals surface area contributed by atoms with Crippen LogP contribution in [-0.4, -0.2) is 11.7 Å². The van der Waals surface area contributed by atoms with Gasteiger partial charge in [-0.1, -0.05) is 0 Å². The van der Waals surface area contributed by atoms with Gasteiger partial charge in [-0.15, -0.1) is 37.2 Å². The molecule has 1 N–H and O–H groups in total. The zero-order valence-corrected chi connectivity index (χ0v) is 7.89. The molecule has 0 rings (SSSR count). The van der Waals surface area contributed by atoms with Crippen LogP contribution in [-0.2, 0) is 21.7 Å². The van der Waals surface area contributed by atoms with Gasteiger partial charge in [-0.25, -0.2) is 0 Å². The van der Waals surface area contributed by atoms with E-state index in [1.165, 1.54) is 0 Å². The van der Waals surface area contributed by atoms with Gasteiger partial charge in [0.15, 0.2) is 0 Å². The van der Waals surface area contributed by atoms with Gasteiger partial charge in [0.1, 0.15) is 0 Å². The number of rotatable bonds is 0. The molecule has 0 aliphatic heterocycles. The number of aliphatic hydroxyl groups excluding tert-OH is 1. The van der Waals surface area contributed by atoms with Crippen molar-refractivity contribution < 1.29 is 26.8 Å². The Balaban J connectivity index is -0.00000000333. The van der Waals surface area contributed by atoms with Crippen molar-refractivity contribution in [3.05, 3.63) is 0 Å². The van der Waals surface area contributed by atoms with Crippen LogP contribution in [0.2, 0.25) is 0 Å². The Morgan fingerprint density at radius 2 is 1.14 bits per heavy atom. The van der Waals surface area contributed by atoms with Gasteiger partial charge in [-0.05, 0) is 6.92 Å². The molecular weight excluding hydrogens is 194 g/mol. The Bertz CT molecular complexity index is 12.9. The van der Waals surface area contributed by atoms with Crippen molar-refractivity contribution in [3.63, 3.8) is 0 Å². The third-order valence-electron chi connectivity index (χ3n) is 0. The van der Waals surface area contributed by atoms with Crippen molar-refractivity contribution in [2.75, 3.05) is 6.61 Å². The second-order valence-corrected chi connectivity index (χ2v) is 0.316. The second kappa shape index (κ2) is 49.9. The summed E-state index contributed by atoms with van der Waals surface area (Å²) in [7, 11) is 0. The van der Waals surface area contributed by atoms with Crippen LogP contribution in [0.25, 0.3) is 0 Å². The largest absolute Gasteiger partial charge is 0.397 e. The fourth-order valence-electron chi connectivity index (χ4n) is 0. The van der Waals surface area contributed by atoms with Crippen LogP contribution in [0.1, 0.15) is 6.92 Å². The molecule has 0 fully saturated rings. The molecule has 0 aliphatic rings. The Kier molecular flexibility index (Phi) is 276. The molecule has 0 aromatic rings. The van der Waals surface area contributed by atoms with Crippen LogP contribution in [0, 0.1) is 0 Å². The summed E-state index contributed by atoms with van der Waals surface area (Å²) in [4.78, 5) is 0. The van der Waals surface area contributed by atoms with Crippen molar-refractivity contribution in [2.45, 2.75) is 6.92 Å². The molecule has 7 heavy (non-hydrogen) atoms. The minimum Gasteiger partial charge on any atom is -0.397 e. The van der Waals surface area contributed by atoms with E-state index in [-0.39, 0.29) is 65.5 Å². The van der Waals surface area contributed by atoms with Crippen LogP contribution in [0.15, 0.2) is 0 Å².